The van der Waals surface area contributed by atoms with E-state index in [4.69, 9.17) is 10.5 Å². The summed E-state index contributed by atoms with van der Waals surface area (Å²) in [5.74, 6) is -0.367. The van der Waals surface area contributed by atoms with Crippen LogP contribution in [-0.2, 0) is 14.8 Å². The molecule has 1 unspecified atom stereocenters. The first-order valence-electron chi connectivity index (χ1n) is 6.94. The summed E-state index contributed by atoms with van der Waals surface area (Å²) in [5.41, 5.74) is 5.28. The maximum Gasteiger partial charge on any atom is 0.245 e. The monoisotopic (exact) mass is 316 g/mol. The summed E-state index contributed by atoms with van der Waals surface area (Å²) in [6.07, 6.45) is 2.03. The number of para-hydroxylation sites is 1. The van der Waals surface area contributed by atoms with E-state index >= 15 is 0 Å². The van der Waals surface area contributed by atoms with Crippen molar-refractivity contribution in [1.29, 1.82) is 0 Å². The molecule has 2 rings (SSSR count). The minimum absolute atomic E-state index is 0.146. The summed E-state index contributed by atoms with van der Waals surface area (Å²) in [7, 11) is -2.33. The highest BCUT2D eigenvalue weighted by atomic mass is 32.2. The molecule has 1 aliphatic rings. The molecule has 1 saturated carbocycles. The highest BCUT2D eigenvalue weighted by Gasteiger charge is 2.38. The minimum Gasteiger partial charge on any atom is -0.395 e. The van der Waals surface area contributed by atoms with Gasteiger partial charge in [-0.1, -0.05) is 6.07 Å². The van der Waals surface area contributed by atoms with Crippen molar-refractivity contribution in [2.45, 2.75) is 30.7 Å². The summed E-state index contributed by atoms with van der Waals surface area (Å²) >= 11 is 0. The Bertz CT molecular complexity index is 602. The zero-order valence-electron chi connectivity index (χ0n) is 12.3. The summed E-state index contributed by atoms with van der Waals surface area (Å²) in [6.45, 7) is 2.39. The number of hydrogen-bond acceptors (Lipinski definition) is 4. The van der Waals surface area contributed by atoms with E-state index in [9.17, 15) is 12.8 Å². The number of methoxy groups -OCH3 is 1. The number of nitrogens with two attached hydrogens (primary N) is 1. The zero-order chi connectivity index (χ0) is 15.6. The molecule has 21 heavy (non-hydrogen) atoms. The standard InChI is InChI=1S/C14H21FN2O3S/c1-10(11-6-7-11)17(8-9-20-2)21(18,19)13-5-3-4-12(15)14(13)16/h3-5,10-11H,6-9,16H2,1-2H3. The SMILES string of the molecule is COCCN(C(C)C1CC1)S(=O)(=O)c1cccc(F)c1N. The van der Waals surface area contributed by atoms with Crippen LogP contribution >= 0.6 is 0 Å². The number of hydrogen-bond donors (Lipinski definition) is 1. The fraction of sp³-hybridized carbons (Fsp3) is 0.571. The summed E-state index contributed by atoms with van der Waals surface area (Å²) < 4.78 is 45.6. The van der Waals surface area contributed by atoms with Crippen LogP contribution in [0.25, 0.3) is 0 Å². The Morgan fingerprint density at radius 2 is 2.14 bits per heavy atom. The van der Waals surface area contributed by atoms with Crippen molar-refractivity contribution in [2.75, 3.05) is 26.0 Å². The molecule has 2 N–H and O–H groups in total. The number of sulfonamides is 1. The van der Waals surface area contributed by atoms with Crippen molar-refractivity contribution in [3.8, 4) is 0 Å². The van der Waals surface area contributed by atoms with Gasteiger partial charge in [0.25, 0.3) is 0 Å². The second kappa shape index (κ2) is 6.29. The molecular weight excluding hydrogens is 295 g/mol. The predicted octanol–water partition coefficient (Wildman–Crippen LogP) is 1.84. The van der Waals surface area contributed by atoms with Crippen LogP contribution in [0.1, 0.15) is 19.8 Å². The third kappa shape index (κ3) is 3.36. The van der Waals surface area contributed by atoms with Gasteiger partial charge in [-0.25, -0.2) is 12.8 Å². The summed E-state index contributed by atoms with van der Waals surface area (Å²) in [4.78, 5) is -0.175. The van der Waals surface area contributed by atoms with Gasteiger partial charge in [-0.2, -0.15) is 4.31 Å². The second-order valence-electron chi connectivity index (χ2n) is 5.34. The molecule has 0 aliphatic heterocycles. The van der Waals surface area contributed by atoms with E-state index in [1.807, 2.05) is 6.92 Å². The molecule has 0 spiro atoms. The van der Waals surface area contributed by atoms with E-state index in [-0.39, 0.29) is 29.8 Å². The highest BCUT2D eigenvalue weighted by Crippen LogP contribution is 2.37. The molecule has 0 aromatic heterocycles. The Labute approximate surface area is 124 Å². The number of nitrogens with zero attached hydrogens (tertiary/aromatic N) is 1. The van der Waals surface area contributed by atoms with Crippen molar-refractivity contribution in [1.82, 2.24) is 4.31 Å². The Balaban J connectivity index is 2.38. The molecule has 7 heteroatoms. The van der Waals surface area contributed by atoms with E-state index in [2.05, 4.69) is 0 Å². The van der Waals surface area contributed by atoms with Crippen LogP contribution in [0, 0.1) is 11.7 Å². The van der Waals surface area contributed by atoms with Crippen LogP contribution < -0.4 is 5.73 Å². The van der Waals surface area contributed by atoms with Crippen molar-refractivity contribution in [3.63, 3.8) is 0 Å². The van der Waals surface area contributed by atoms with Crippen LogP contribution in [0.4, 0.5) is 10.1 Å². The molecule has 1 fully saturated rings. The number of rotatable bonds is 7. The Morgan fingerprint density at radius 1 is 1.48 bits per heavy atom. The lowest BCUT2D eigenvalue weighted by Crippen LogP contribution is -2.42. The number of nitrogen functional groups attached to an aromatic ring is 1. The highest BCUT2D eigenvalue weighted by molar-refractivity contribution is 7.89. The normalized spacial score (nSPS) is 17.1. The molecule has 0 saturated heterocycles. The van der Waals surface area contributed by atoms with Gasteiger partial charge >= 0.3 is 0 Å². The average Bonchev–Trinajstić information content (AvgIpc) is 3.26. The zero-order valence-corrected chi connectivity index (χ0v) is 13.1. The van der Waals surface area contributed by atoms with Crippen LogP contribution in [0.15, 0.2) is 23.1 Å². The third-order valence-corrected chi connectivity index (χ3v) is 5.92. The smallest absolute Gasteiger partial charge is 0.245 e. The molecule has 1 aromatic rings. The number of anilines is 1. The lowest BCUT2D eigenvalue weighted by Gasteiger charge is -2.28. The molecule has 0 heterocycles. The predicted molar refractivity (Wildman–Crippen MR) is 78.8 cm³/mol. The van der Waals surface area contributed by atoms with Gasteiger partial charge in [0.2, 0.25) is 10.0 Å². The van der Waals surface area contributed by atoms with Crippen molar-refractivity contribution < 1.29 is 17.5 Å². The van der Waals surface area contributed by atoms with Crippen LogP contribution in [0.2, 0.25) is 0 Å². The van der Waals surface area contributed by atoms with Crippen molar-refractivity contribution in [2.24, 2.45) is 5.92 Å². The Hall–Kier alpha value is -1.18. The van der Waals surface area contributed by atoms with Crippen molar-refractivity contribution in [3.05, 3.63) is 24.0 Å². The average molecular weight is 316 g/mol. The first-order chi connectivity index (χ1) is 9.89. The van der Waals surface area contributed by atoms with E-state index in [0.717, 1.165) is 18.9 Å². The van der Waals surface area contributed by atoms with Crippen molar-refractivity contribution >= 4 is 15.7 Å². The van der Waals surface area contributed by atoms with E-state index in [1.165, 1.54) is 23.5 Å². The molecule has 0 radical (unpaired) electrons. The first kappa shape index (κ1) is 16.2. The summed E-state index contributed by atoms with van der Waals surface area (Å²) in [6, 6.07) is 3.70. The quantitative estimate of drug-likeness (QED) is 0.779. The number of benzene rings is 1. The Morgan fingerprint density at radius 3 is 2.71 bits per heavy atom. The number of ether oxygens (including phenoxy) is 1. The van der Waals surface area contributed by atoms with Crippen LogP contribution in [-0.4, -0.2) is 39.0 Å². The van der Waals surface area contributed by atoms with Crippen LogP contribution in [0.3, 0.4) is 0 Å². The molecule has 0 bridgehead atoms. The van der Waals surface area contributed by atoms with Gasteiger partial charge in [-0.05, 0) is 37.8 Å². The van der Waals surface area contributed by atoms with E-state index in [0.29, 0.717) is 5.92 Å². The van der Waals surface area contributed by atoms with Gasteiger partial charge < -0.3 is 10.5 Å². The number of halogens is 1. The topological polar surface area (TPSA) is 72.6 Å². The maximum atomic E-state index is 13.6. The molecule has 1 aliphatic carbocycles. The lowest BCUT2D eigenvalue weighted by atomic mass is 10.2. The van der Waals surface area contributed by atoms with Gasteiger partial charge in [0, 0.05) is 19.7 Å². The third-order valence-electron chi connectivity index (χ3n) is 3.87. The molecule has 0 amide bonds. The second-order valence-corrected chi connectivity index (χ2v) is 7.20. The van der Waals surface area contributed by atoms with E-state index < -0.39 is 15.8 Å². The Kier molecular flexibility index (Phi) is 4.85. The minimum atomic E-state index is -3.84. The fourth-order valence-corrected chi connectivity index (χ4v) is 4.21. The molecule has 1 atom stereocenters. The van der Waals surface area contributed by atoms with Gasteiger partial charge in [-0.15, -0.1) is 0 Å². The lowest BCUT2D eigenvalue weighted by molar-refractivity contribution is 0.164. The largest absolute Gasteiger partial charge is 0.395 e. The molecule has 1 aromatic carbocycles. The van der Waals surface area contributed by atoms with Gasteiger partial charge in [-0.3, -0.25) is 0 Å². The van der Waals surface area contributed by atoms with Gasteiger partial charge in [0.1, 0.15) is 10.7 Å². The van der Waals surface area contributed by atoms with Gasteiger partial charge in [0.05, 0.1) is 12.3 Å². The first-order valence-corrected chi connectivity index (χ1v) is 8.38. The molecular formula is C14H21FN2O3S. The maximum absolute atomic E-state index is 13.6. The van der Waals surface area contributed by atoms with E-state index in [1.54, 1.807) is 0 Å². The molecule has 118 valence electrons. The summed E-state index contributed by atoms with van der Waals surface area (Å²) in [5, 5.41) is 0. The molecule has 5 nitrogen and oxygen atoms in total. The fourth-order valence-electron chi connectivity index (χ4n) is 2.41. The van der Waals surface area contributed by atoms with Gasteiger partial charge in [0.15, 0.2) is 0 Å². The van der Waals surface area contributed by atoms with Crippen LogP contribution in [0.5, 0.6) is 0 Å².